The molecule has 0 atom stereocenters. The number of carbonyl (C=O) groups excluding carboxylic acids is 1. The summed E-state index contributed by atoms with van der Waals surface area (Å²) >= 11 is 0. The molecule has 0 aliphatic rings. The van der Waals surface area contributed by atoms with E-state index in [4.69, 9.17) is 16.2 Å². The van der Waals surface area contributed by atoms with Gasteiger partial charge in [-0.25, -0.2) is 4.79 Å². The van der Waals surface area contributed by atoms with Crippen LogP contribution in [-0.4, -0.2) is 48.4 Å². The minimum atomic E-state index is -7.86. The first-order chi connectivity index (χ1) is 18.5. The van der Waals surface area contributed by atoms with Crippen molar-refractivity contribution >= 4 is 17.3 Å². The van der Waals surface area contributed by atoms with E-state index in [-0.39, 0.29) is 25.0 Å². The van der Waals surface area contributed by atoms with E-state index >= 15 is 0 Å². The summed E-state index contributed by atoms with van der Waals surface area (Å²) in [4.78, 5) is 11.9. The predicted molar refractivity (Wildman–Crippen MR) is 123 cm³/mol. The normalized spacial score (nSPS) is 13.9. The number of hydrogen-bond donors (Lipinski definition) is 2. The molecule has 4 nitrogen and oxygen atoms in total. The van der Waals surface area contributed by atoms with Gasteiger partial charge in [-0.3, -0.25) is 0 Å². The number of carbonyl (C=O) groups is 1. The van der Waals surface area contributed by atoms with E-state index in [1.54, 1.807) is 0 Å². The van der Waals surface area contributed by atoms with Gasteiger partial charge in [0.15, 0.2) is 0 Å². The van der Waals surface area contributed by atoms with Gasteiger partial charge in [0.1, 0.15) is 0 Å². The maximum atomic E-state index is 13.7. The molecule has 0 aromatic heterocycles. The number of unbranched alkanes of at least 4 members (excludes halogenated alkanes) is 8. The molecule has 0 aliphatic heterocycles. The van der Waals surface area contributed by atoms with Crippen molar-refractivity contribution in [2.75, 3.05) is 18.1 Å². The van der Waals surface area contributed by atoms with Gasteiger partial charge in [0.2, 0.25) is 0 Å². The van der Waals surface area contributed by atoms with Crippen molar-refractivity contribution in [1.82, 2.24) is 0 Å². The Bertz CT molecular complexity index is 978. The molecule has 1 aromatic carbocycles. The Morgan fingerprint density at radius 2 is 0.951 bits per heavy atom. The topological polar surface area (TPSA) is 78.3 Å². The van der Waals surface area contributed by atoms with Crippen molar-refractivity contribution in [2.24, 2.45) is 0 Å². The number of benzene rings is 1. The summed E-state index contributed by atoms with van der Waals surface area (Å²) in [6.07, 6.45) is -7.16. The second-order valence-electron chi connectivity index (χ2n) is 9.46. The van der Waals surface area contributed by atoms with Crippen LogP contribution < -0.4 is 11.5 Å². The third-order valence-electron chi connectivity index (χ3n) is 6.08. The van der Waals surface area contributed by atoms with Crippen molar-refractivity contribution in [3.05, 3.63) is 23.8 Å². The van der Waals surface area contributed by atoms with Crippen LogP contribution in [0.4, 0.5) is 68.5 Å². The number of nitrogen functional groups attached to an aromatic ring is 2. The Morgan fingerprint density at radius 3 is 1.39 bits per heavy atom. The molecule has 0 saturated carbocycles. The van der Waals surface area contributed by atoms with Gasteiger partial charge >= 0.3 is 41.8 Å². The molecule has 41 heavy (non-hydrogen) atoms. The average molecular weight is 624 g/mol. The summed E-state index contributed by atoms with van der Waals surface area (Å²) in [5.74, 6) is -37.1. The van der Waals surface area contributed by atoms with Gasteiger partial charge in [-0.1, -0.05) is 44.9 Å². The summed E-state index contributed by atoms with van der Waals surface area (Å²) in [5, 5.41) is 0. The van der Waals surface area contributed by atoms with Crippen LogP contribution in [0.15, 0.2) is 18.2 Å². The zero-order chi connectivity index (χ0) is 31.9. The highest BCUT2D eigenvalue weighted by Crippen LogP contribution is 2.60. The molecule has 0 amide bonds. The monoisotopic (exact) mass is 624 g/mol. The number of esters is 1. The summed E-state index contributed by atoms with van der Waals surface area (Å²) < 4.78 is 175. The zero-order valence-electron chi connectivity index (χ0n) is 21.4. The lowest BCUT2D eigenvalue weighted by molar-refractivity contribution is -0.440. The Balaban J connectivity index is 2.36. The van der Waals surface area contributed by atoms with Crippen LogP contribution >= 0.6 is 0 Å². The highest BCUT2D eigenvalue weighted by atomic mass is 19.4. The smallest absolute Gasteiger partial charge is 0.460 e. The Hall–Kier alpha value is -2.62. The van der Waals surface area contributed by atoms with Crippen molar-refractivity contribution in [3.63, 3.8) is 0 Å². The molecule has 0 saturated heterocycles. The average Bonchev–Trinajstić information content (AvgIpc) is 2.82. The van der Waals surface area contributed by atoms with E-state index < -0.39 is 54.6 Å². The van der Waals surface area contributed by atoms with Crippen molar-refractivity contribution in [3.8, 4) is 0 Å². The molecule has 0 unspecified atom stereocenters. The van der Waals surface area contributed by atoms with Crippen molar-refractivity contribution in [1.29, 1.82) is 0 Å². The highest BCUT2D eigenvalue weighted by molar-refractivity contribution is 5.91. The fourth-order valence-electron chi connectivity index (χ4n) is 3.69. The van der Waals surface area contributed by atoms with E-state index in [0.29, 0.717) is 49.9 Å². The van der Waals surface area contributed by atoms with Crippen LogP contribution in [0.25, 0.3) is 0 Å². The minimum absolute atomic E-state index is 0.116. The van der Waals surface area contributed by atoms with Crippen LogP contribution in [-0.2, 0) is 4.74 Å². The standard InChI is InChI=1S/C24H29F13N2O2/c25-19(26,20(27,28)21(29,30)22(31,32)23(33,34)24(35,36)37)10-8-6-4-2-1-3-5-7-9-11-41-18(40)15-12-16(38)14-17(39)13-15/h12-14H,1-11,38-39H2. The van der Waals surface area contributed by atoms with Crippen LogP contribution in [0.2, 0.25) is 0 Å². The van der Waals surface area contributed by atoms with Gasteiger partial charge in [-0.15, -0.1) is 0 Å². The third-order valence-corrected chi connectivity index (χ3v) is 6.08. The van der Waals surface area contributed by atoms with Crippen LogP contribution in [0.5, 0.6) is 0 Å². The van der Waals surface area contributed by atoms with Gasteiger partial charge in [-0.05, 0) is 31.0 Å². The lowest BCUT2D eigenvalue weighted by Crippen LogP contribution is -2.70. The van der Waals surface area contributed by atoms with Crippen molar-refractivity contribution < 1.29 is 66.6 Å². The fourth-order valence-corrected chi connectivity index (χ4v) is 3.69. The molecular weight excluding hydrogens is 595 g/mol. The predicted octanol–water partition coefficient (Wildman–Crippen LogP) is 8.65. The molecule has 0 radical (unpaired) electrons. The van der Waals surface area contributed by atoms with Gasteiger partial charge in [0.05, 0.1) is 12.2 Å². The summed E-state index contributed by atoms with van der Waals surface area (Å²) in [6.45, 7) is 0.116. The van der Waals surface area contributed by atoms with Crippen LogP contribution in [0, 0.1) is 0 Å². The lowest BCUT2D eigenvalue weighted by atomic mass is 9.91. The minimum Gasteiger partial charge on any atom is -0.462 e. The molecule has 238 valence electrons. The van der Waals surface area contributed by atoms with Crippen molar-refractivity contribution in [2.45, 2.75) is 100.0 Å². The highest BCUT2D eigenvalue weighted by Gasteiger charge is 2.90. The summed E-state index contributed by atoms with van der Waals surface area (Å²) in [7, 11) is 0. The molecule has 0 bridgehead atoms. The quantitative estimate of drug-likeness (QED) is 0.0787. The maximum absolute atomic E-state index is 13.7. The SMILES string of the molecule is Nc1cc(N)cc(C(=O)OCCCCCCCCCCCC(F)(F)C(F)(F)C(F)(F)C(F)(F)C(F)(F)C(F)(F)F)c1. The first-order valence-electron chi connectivity index (χ1n) is 12.3. The second kappa shape index (κ2) is 13.6. The maximum Gasteiger partial charge on any atom is 0.460 e. The number of nitrogens with two attached hydrogens (primary N) is 2. The molecular formula is C24H29F13N2O2. The molecule has 1 rings (SSSR count). The number of alkyl halides is 13. The Morgan fingerprint density at radius 1 is 0.561 bits per heavy atom. The second-order valence-corrected chi connectivity index (χ2v) is 9.46. The van der Waals surface area contributed by atoms with Crippen LogP contribution in [0.3, 0.4) is 0 Å². The lowest BCUT2D eigenvalue weighted by Gasteiger charge is -2.39. The molecule has 4 N–H and O–H groups in total. The number of halogens is 13. The Kier molecular flexibility index (Phi) is 12.0. The van der Waals surface area contributed by atoms with E-state index in [1.165, 1.54) is 18.2 Å². The third kappa shape index (κ3) is 8.46. The van der Waals surface area contributed by atoms with E-state index in [2.05, 4.69) is 0 Å². The molecule has 0 aliphatic carbocycles. The van der Waals surface area contributed by atoms with E-state index in [9.17, 15) is 61.9 Å². The number of hydrogen-bond acceptors (Lipinski definition) is 4. The number of ether oxygens (including phenoxy) is 1. The summed E-state index contributed by atoms with van der Waals surface area (Å²) in [5.41, 5.74) is 12.0. The van der Waals surface area contributed by atoms with Gasteiger partial charge < -0.3 is 16.2 Å². The van der Waals surface area contributed by atoms with Gasteiger partial charge in [0.25, 0.3) is 0 Å². The van der Waals surface area contributed by atoms with Crippen LogP contribution in [0.1, 0.15) is 74.6 Å². The zero-order valence-corrected chi connectivity index (χ0v) is 21.4. The van der Waals surface area contributed by atoms with Gasteiger partial charge in [0, 0.05) is 17.8 Å². The molecule has 1 aromatic rings. The molecule has 17 heteroatoms. The Labute approximate surface area is 226 Å². The molecule has 0 spiro atoms. The number of rotatable bonds is 17. The first-order valence-corrected chi connectivity index (χ1v) is 12.3. The van der Waals surface area contributed by atoms with Gasteiger partial charge in [-0.2, -0.15) is 57.1 Å². The summed E-state index contributed by atoms with van der Waals surface area (Å²) in [6, 6.07) is 4.27. The van der Waals surface area contributed by atoms with E-state index in [0.717, 1.165) is 0 Å². The largest absolute Gasteiger partial charge is 0.462 e. The first kappa shape index (κ1) is 36.4. The molecule has 0 fully saturated rings. The fraction of sp³-hybridized carbons (Fsp3) is 0.708. The van der Waals surface area contributed by atoms with E-state index in [1.807, 2.05) is 0 Å². The number of anilines is 2. The molecule has 0 heterocycles.